The highest BCUT2D eigenvalue weighted by Gasteiger charge is 2.25. The summed E-state index contributed by atoms with van der Waals surface area (Å²) < 4.78 is 5.78. The maximum atomic E-state index is 5.89. The lowest BCUT2D eigenvalue weighted by atomic mass is 10.2. The highest BCUT2D eigenvalue weighted by molar-refractivity contribution is 4.81. The Labute approximate surface area is 92.4 Å². The summed E-state index contributed by atoms with van der Waals surface area (Å²) in [5.74, 6) is 0. The number of hydrogen-bond acceptors (Lipinski definition) is 4. The Kier molecular flexibility index (Phi) is 3.97. The summed E-state index contributed by atoms with van der Waals surface area (Å²) in [7, 11) is 0. The molecule has 2 heterocycles. The number of likely N-dealkylation sites (N-methyl/N-ethyl adjacent to an activating group) is 1. The minimum absolute atomic E-state index is 0.385. The van der Waals surface area contributed by atoms with Gasteiger partial charge in [0.2, 0.25) is 0 Å². The van der Waals surface area contributed by atoms with Crippen LogP contribution in [-0.2, 0) is 4.74 Å². The minimum atomic E-state index is 0.385. The van der Waals surface area contributed by atoms with Crippen molar-refractivity contribution in [2.75, 3.05) is 45.9 Å². The number of nitrogens with two attached hydrogens (primary N) is 1. The van der Waals surface area contributed by atoms with E-state index in [4.69, 9.17) is 10.5 Å². The van der Waals surface area contributed by atoms with Gasteiger partial charge in [-0.3, -0.25) is 9.80 Å². The zero-order valence-electron chi connectivity index (χ0n) is 9.69. The first-order valence-corrected chi connectivity index (χ1v) is 6.10. The molecule has 4 nitrogen and oxygen atoms in total. The maximum Gasteiger partial charge on any atom is 0.0829 e. The molecular weight excluding hydrogens is 190 g/mol. The first-order valence-electron chi connectivity index (χ1n) is 6.10. The fourth-order valence-electron chi connectivity index (χ4n) is 2.49. The van der Waals surface area contributed by atoms with Crippen LogP contribution in [-0.4, -0.2) is 67.8 Å². The number of hydrogen-bond donors (Lipinski definition) is 1. The third kappa shape index (κ3) is 3.14. The van der Waals surface area contributed by atoms with E-state index in [9.17, 15) is 0 Å². The molecule has 2 N–H and O–H groups in total. The second-order valence-electron chi connectivity index (χ2n) is 4.69. The topological polar surface area (TPSA) is 41.7 Å². The van der Waals surface area contributed by atoms with Gasteiger partial charge in [0.05, 0.1) is 12.7 Å². The molecule has 0 saturated carbocycles. The summed E-state index contributed by atoms with van der Waals surface area (Å²) in [5.41, 5.74) is 5.89. The molecule has 2 aliphatic heterocycles. The summed E-state index contributed by atoms with van der Waals surface area (Å²) in [6, 6.07) is 0.385. The standard InChI is InChI=1S/C11H23N3O/c1-2-13-5-6-15-11(8-13)9-14-4-3-10(12)7-14/h10-11H,2-9,12H2,1H3/t10-,11?/m0/s1. The zero-order valence-corrected chi connectivity index (χ0v) is 9.69. The van der Waals surface area contributed by atoms with Crippen molar-refractivity contribution in [1.29, 1.82) is 0 Å². The molecule has 1 unspecified atom stereocenters. The van der Waals surface area contributed by atoms with Gasteiger partial charge in [-0.25, -0.2) is 0 Å². The molecule has 0 radical (unpaired) electrons. The Hall–Kier alpha value is -0.160. The molecule has 2 fully saturated rings. The summed E-state index contributed by atoms with van der Waals surface area (Å²) >= 11 is 0. The second-order valence-corrected chi connectivity index (χ2v) is 4.69. The largest absolute Gasteiger partial charge is 0.374 e. The number of ether oxygens (including phenoxy) is 1. The summed E-state index contributed by atoms with van der Waals surface area (Å²) in [6.07, 6.45) is 1.54. The first-order chi connectivity index (χ1) is 7.28. The number of morpholine rings is 1. The van der Waals surface area contributed by atoms with Crippen LogP contribution in [0.15, 0.2) is 0 Å². The molecular formula is C11H23N3O. The Morgan fingerprint density at radius 2 is 2.13 bits per heavy atom. The van der Waals surface area contributed by atoms with Crippen molar-refractivity contribution in [3.05, 3.63) is 0 Å². The van der Waals surface area contributed by atoms with Crippen LogP contribution < -0.4 is 5.73 Å². The lowest BCUT2D eigenvalue weighted by Gasteiger charge is -2.34. The quantitative estimate of drug-likeness (QED) is 0.701. The van der Waals surface area contributed by atoms with Gasteiger partial charge in [0.15, 0.2) is 0 Å². The van der Waals surface area contributed by atoms with Gasteiger partial charge >= 0.3 is 0 Å². The SMILES string of the molecule is CCN1CCOC(CN2CC[C@H](N)C2)C1. The molecule has 0 aromatic carbocycles. The average molecular weight is 213 g/mol. The zero-order chi connectivity index (χ0) is 10.7. The smallest absolute Gasteiger partial charge is 0.0829 e. The van der Waals surface area contributed by atoms with Crippen molar-refractivity contribution < 1.29 is 4.74 Å². The number of nitrogens with zero attached hydrogens (tertiary/aromatic N) is 2. The van der Waals surface area contributed by atoms with E-state index in [2.05, 4.69) is 16.7 Å². The van der Waals surface area contributed by atoms with Crippen molar-refractivity contribution in [2.45, 2.75) is 25.5 Å². The van der Waals surface area contributed by atoms with Crippen molar-refractivity contribution in [2.24, 2.45) is 5.73 Å². The molecule has 2 aliphatic rings. The Balaban J connectivity index is 1.74. The van der Waals surface area contributed by atoms with Crippen LogP contribution in [0.5, 0.6) is 0 Å². The maximum absolute atomic E-state index is 5.89. The Bertz CT molecular complexity index is 200. The second kappa shape index (κ2) is 5.25. The summed E-state index contributed by atoms with van der Waals surface area (Å²) in [6.45, 7) is 9.67. The van der Waals surface area contributed by atoms with E-state index in [-0.39, 0.29) is 0 Å². The molecule has 2 atom stereocenters. The Morgan fingerprint density at radius 1 is 1.27 bits per heavy atom. The normalized spacial score (nSPS) is 34.8. The van der Waals surface area contributed by atoms with Crippen LogP contribution in [0.4, 0.5) is 0 Å². The van der Waals surface area contributed by atoms with Gasteiger partial charge in [-0.1, -0.05) is 6.92 Å². The van der Waals surface area contributed by atoms with Gasteiger partial charge < -0.3 is 10.5 Å². The molecule has 0 amide bonds. The molecule has 0 aliphatic carbocycles. The number of likely N-dealkylation sites (tertiary alicyclic amines) is 1. The molecule has 0 spiro atoms. The molecule has 88 valence electrons. The number of rotatable bonds is 3. The van der Waals surface area contributed by atoms with E-state index < -0.39 is 0 Å². The first kappa shape index (κ1) is 11.3. The van der Waals surface area contributed by atoms with Crippen LogP contribution in [0.2, 0.25) is 0 Å². The van der Waals surface area contributed by atoms with Gasteiger partial charge in [-0.05, 0) is 19.5 Å². The predicted molar refractivity (Wildman–Crippen MR) is 60.9 cm³/mol. The highest BCUT2D eigenvalue weighted by atomic mass is 16.5. The predicted octanol–water partition coefficient (Wildman–Crippen LogP) is -0.260. The lowest BCUT2D eigenvalue weighted by Crippen LogP contribution is -2.47. The van der Waals surface area contributed by atoms with E-state index in [1.807, 2.05) is 0 Å². The summed E-state index contributed by atoms with van der Waals surface area (Å²) in [5, 5.41) is 0. The Morgan fingerprint density at radius 3 is 2.80 bits per heavy atom. The van der Waals surface area contributed by atoms with Crippen molar-refractivity contribution in [3.63, 3.8) is 0 Å². The van der Waals surface area contributed by atoms with Crippen LogP contribution in [0.3, 0.4) is 0 Å². The molecule has 0 bridgehead atoms. The molecule has 2 rings (SSSR count). The van der Waals surface area contributed by atoms with E-state index in [0.717, 1.165) is 52.3 Å². The molecule has 4 heteroatoms. The van der Waals surface area contributed by atoms with Gasteiger partial charge in [0, 0.05) is 32.2 Å². The third-order valence-corrected chi connectivity index (χ3v) is 3.44. The monoisotopic (exact) mass is 213 g/mol. The van der Waals surface area contributed by atoms with E-state index in [1.165, 1.54) is 0 Å². The van der Waals surface area contributed by atoms with Crippen molar-refractivity contribution in [3.8, 4) is 0 Å². The van der Waals surface area contributed by atoms with E-state index in [1.54, 1.807) is 0 Å². The van der Waals surface area contributed by atoms with Crippen LogP contribution in [0.1, 0.15) is 13.3 Å². The van der Waals surface area contributed by atoms with Gasteiger partial charge in [0.25, 0.3) is 0 Å². The van der Waals surface area contributed by atoms with Crippen molar-refractivity contribution in [1.82, 2.24) is 9.80 Å². The fourth-order valence-corrected chi connectivity index (χ4v) is 2.49. The average Bonchev–Trinajstić information content (AvgIpc) is 2.64. The van der Waals surface area contributed by atoms with E-state index >= 15 is 0 Å². The molecule has 2 saturated heterocycles. The van der Waals surface area contributed by atoms with Crippen molar-refractivity contribution >= 4 is 0 Å². The molecule has 0 aromatic rings. The van der Waals surface area contributed by atoms with Crippen LogP contribution >= 0.6 is 0 Å². The summed E-state index contributed by atoms with van der Waals surface area (Å²) in [4.78, 5) is 4.90. The van der Waals surface area contributed by atoms with Gasteiger partial charge in [0.1, 0.15) is 0 Å². The van der Waals surface area contributed by atoms with Crippen LogP contribution in [0.25, 0.3) is 0 Å². The molecule has 0 aromatic heterocycles. The fraction of sp³-hybridized carbons (Fsp3) is 1.00. The van der Waals surface area contributed by atoms with Gasteiger partial charge in [-0.15, -0.1) is 0 Å². The highest BCUT2D eigenvalue weighted by Crippen LogP contribution is 2.11. The lowest BCUT2D eigenvalue weighted by molar-refractivity contribution is -0.0392. The van der Waals surface area contributed by atoms with Crippen LogP contribution in [0, 0.1) is 0 Å². The third-order valence-electron chi connectivity index (χ3n) is 3.44. The van der Waals surface area contributed by atoms with E-state index in [0.29, 0.717) is 12.1 Å². The minimum Gasteiger partial charge on any atom is -0.374 e. The van der Waals surface area contributed by atoms with Gasteiger partial charge in [-0.2, -0.15) is 0 Å². The molecule has 15 heavy (non-hydrogen) atoms.